The number of rotatable bonds is 6. The summed E-state index contributed by atoms with van der Waals surface area (Å²) < 4.78 is 5.63. The zero-order chi connectivity index (χ0) is 14.4. The van der Waals surface area contributed by atoms with Gasteiger partial charge in [0.1, 0.15) is 5.82 Å². The van der Waals surface area contributed by atoms with Gasteiger partial charge in [-0.25, -0.2) is 4.98 Å². The Morgan fingerprint density at radius 2 is 2.25 bits per heavy atom. The number of hydrogen-bond acceptors (Lipinski definition) is 6. The number of nitrogens with two attached hydrogens (primary N) is 1. The van der Waals surface area contributed by atoms with Crippen LogP contribution in [-0.4, -0.2) is 17.3 Å². The van der Waals surface area contributed by atoms with E-state index in [1.165, 1.54) is 11.3 Å². The summed E-state index contributed by atoms with van der Waals surface area (Å²) in [6.45, 7) is 4.61. The Hall–Kier alpha value is -1.92. The number of ether oxygens (including phenoxy) is 1. The molecule has 0 atom stereocenters. The van der Waals surface area contributed by atoms with Crippen molar-refractivity contribution in [2.24, 2.45) is 5.10 Å². The minimum Gasteiger partial charge on any atom is -0.383 e. The van der Waals surface area contributed by atoms with Gasteiger partial charge in [-0.1, -0.05) is 24.3 Å². The summed E-state index contributed by atoms with van der Waals surface area (Å²) >= 11 is 1.42. The molecule has 0 aliphatic rings. The van der Waals surface area contributed by atoms with Crippen molar-refractivity contribution in [2.75, 3.05) is 11.2 Å². The lowest BCUT2D eigenvalue weighted by molar-refractivity contribution is 0.0656. The van der Waals surface area contributed by atoms with Crippen molar-refractivity contribution >= 4 is 28.5 Å². The lowest BCUT2D eigenvalue weighted by Gasteiger charge is -2.09. The summed E-state index contributed by atoms with van der Waals surface area (Å²) in [4.78, 5) is 4.07. The van der Waals surface area contributed by atoms with Crippen LogP contribution in [0.15, 0.2) is 34.7 Å². The standard InChI is InChI=1S/C14H18N4OS/c1-10(2)19-8-12-6-4-3-5-11(12)7-16-18-14-17-13(15)9-20-14/h3-7,9-10H,8,15H2,1-2H3,(H,17,18). The molecule has 20 heavy (non-hydrogen) atoms. The molecule has 1 aromatic carbocycles. The van der Waals surface area contributed by atoms with E-state index in [-0.39, 0.29) is 6.10 Å². The smallest absolute Gasteiger partial charge is 0.205 e. The molecule has 2 aromatic rings. The van der Waals surface area contributed by atoms with Gasteiger partial charge in [-0.3, -0.25) is 5.43 Å². The molecule has 0 fully saturated rings. The molecule has 0 spiro atoms. The third kappa shape index (κ3) is 4.32. The summed E-state index contributed by atoms with van der Waals surface area (Å²) in [5, 5.41) is 6.62. The number of thiazole rings is 1. The molecule has 0 unspecified atom stereocenters. The van der Waals surface area contributed by atoms with Crippen molar-refractivity contribution in [2.45, 2.75) is 26.6 Å². The molecular formula is C14H18N4OS. The van der Waals surface area contributed by atoms with Crippen LogP contribution in [-0.2, 0) is 11.3 Å². The maximum atomic E-state index is 5.63. The van der Waals surface area contributed by atoms with E-state index in [9.17, 15) is 0 Å². The molecule has 106 valence electrons. The SMILES string of the molecule is CC(C)OCc1ccccc1C=NNc1nc(N)cs1. The van der Waals surface area contributed by atoms with Crippen LogP contribution >= 0.6 is 11.3 Å². The lowest BCUT2D eigenvalue weighted by Crippen LogP contribution is -2.04. The molecule has 0 aliphatic carbocycles. The van der Waals surface area contributed by atoms with Gasteiger partial charge in [-0.15, -0.1) is 11.3 Å². The van der Waals surface area contributed by atoms with Crippen LogP contribution in [0.25, 0.3) is 0 Å². The molecule has 0 saturated heterocycles. The second kappa shape index (κ2) is 7.02. The number of nitrogens with one attached hydrogen (secondary N) is 1. The Kier molecular flexibility index (Phi) is 5.09. The minimum absolute atomic E-state index is 0.205. The Morgan fingerprint density at radius 3 is 2.95 bits per heavy atom. The highest BCUT2D eigenvalue weighted by Gasteiger charge is 2.01. The van der Waals surface area contributed by atoms with Crippen LogP contribution in [0, 0.1) is 0 Å². The maximum Gasteiger partial charge on any atom is 0.205 e. The molecule has 3 N–H and O–H groups in total. The fourth-order valence-electron chi connectivity index (χ4n) is 1.54. The van der Waals surface area contributed by atoms with Gasteiger partial charge < -0.3 is 10.5 Å². The van der Waals surface area contributed by atoms with Crippen molar-refractivity contribution < 1.29 is 4.74 Å². The van der Waals surface area contributed by atoms with Gasteiger partial charge in [0, 0.05) is 10.9 Å². The average Bonchev–Trinajstić information content (AvgIpc) is 2.83. The van der Waals surface area contributed by atoms with Gasteiger partial charge in [0.05, 0.1) is 18.9 Å². The third-order valence-corrected chi connectivity index (χ3v) is 3.28. The number of hydrazone groups is 1. The number of nitrogens with zero attached hydrogens (tertiary/aromatic N) is 2. The van der Waals surface area contributed by atoms with Crippen molar-refractivity contribution in [3.05, 3.63) is 40.8 Å². The molecule has 0 radical (unpaired) electrons. The monoisotopic (exact) mass is 290 g/mol. The van der Waals surface area contributed by atoms with Gasteiger partial charge in [0.2, 0.25) is 5.13 Å². The molecule has 1 aromatic heterocycles. The average molecular weight is 290 g/mol. The molecule has 0 amide bonds. The molecule has 0 bridgehead atoms. The van der Waals surface area contributed by atoms with E-state index in [0.29, 0.717) is 17.6 Å². The quantitative estimate of drug-likeness (QED) is 0.633. The number of hydrogen-bond donors (Lipinski definition) is 2. The Morgan fingerprint density at radius 1 is 1.45 bits per heavy atom. The van der Waals surface area contributed by atoms with Gasteiger partial charge in [0.15, 0.2) is 0 Å². The van der Waals surface area contributed by atoms with E-state index in [1.54, 1.807) is 11.6 Å². The second-order valence-electron chi connectivity index (χ2n) is 4.51. The molecular weight excluding hydrogens is 272 g/mol. The first-order valence-electron chi connectivity index (χ1n) is 6.34. The Balaban J connectivity index is 2.01. The Labute approximate surface area is 122 Å². The first-order chi connectivity index (χ1) is 9.65. The van der Waals surface area contributed by atoms with Crippen LogP contribution in [0.3, 0.4) is 0 Å². The van der Waals surface area contributed by atoms with Crippen LogP contribution in [0.1, 0.15) is 25.0 Å². The summed E-state index contributed by atoms with van der Waals surface area (Å²) in [6.07, 6.45) is 1.97. The van der Waals surface area contributed by atoms with E-state index in [1.807, 2.05) is 38.1 Å². The van der Waals surface area contributed by atoms with Gasteiger partial charge >= 0.3 is 0 Å². The van der Waals surface area contributed by atoms with E-state index in [0.717, 1.165) is 11.1 Å². The summed E-state index contributed by atoms with van der Waals surface area (Å²) in [7, 11) is 0. The normalized spacial score (nSPS) is 11.3. The zero-order valence-electron chi connectivity index (χ0n) is 11.5. The number of aromatic nitrogens is 1. The lowest BCUT2D eigenvalue weighted by atomic mass is 10.1. The van der Waals surface area contributed by atoms with Crippen LogP contribution < -0.4 is 11.2 Å². The van der Waals surface area contributed by atoms with E-state index >= 15 is 0 Å². The fourth-order valence-corrected chi connectivity index (χ4v) is 2.09. The van der Waals surface area contributed by atoms with E-state index in [2.05, 4.69) is 15.5 Å². The summed E-state index contributed by atoms with van der Waals surface area (Å²) in [5.74, 6) is 0.499. The highest BCUT2D eigenvalue weighted by molar-refractivity contribution is 7.14. The molecule has 0 saturated carbocycles. The largest absolute Gasteiger partial charge is 0.383 e. The van der Waals surface area contributed by atoms with Crippen LogP contribution in [0.2, 0.25) is 0 Å². The molecule has 5 nitrogen and oxygen atoms in total. The van der Waals surface area contributed by atoms with Crippen LogP contribution in [0.4, 0.5) is 10.9 Å². The van der Waals surface area contributed by atoms with E-state index < -0.39 is 0 Å². The number of benzene rings is 1. The highest BCUT2D eigenvalue weighted by Crippen LogP contribution is 2.16. The van der Waals surface area contributed by atoms with E-state index in [4.69, 9.17) is 10.5 Å². The molecule has 6 heteroatoms. The van der Waals surface area contributed by atoms with Crippen molar-refractivity contribution in [3.8, 4) is 0 Å². The van der Waals surface area contributed by atoms with Crippen LogP contribution in [0.5, 0.6) is 0 Å². The summed E-state index contributed by atoms with van der Waals surface area (Å²) in [5.41, 5.74) is 10.5. The molecule has 0 aliphatic heterocycles. The summed E-state index contributed by atoms with van der Waals surface area (Å²) in [6, 6.07) is 8.00. The van der Waals surface area contributed by atoms with Crippen molar-refractivity contribution in [1.29, 1.82) is 0 Å². The zero-order valence-corrected chi connectivity index (χ0v) is 12.4. The molecule has 2 rings (SSSR count). The topological polar surface area (TPSA) is 72.5 Å². The minimum atomic E-state index is 0.205. The van der Waals surface area contributed by atoms with Gasteiger partial charge in [0.25, 0.3) is 0 Å². The first kappa shape index (κ1) is 14.5. The molecule has 1 heterocycles. The third-order valence-electron chi connectivity index (χ3n) is 2.51. The highest BCUT2D eigenvalue weighted by atomic mass is 32.1. The maximum absolute atomic E-state index is 5.63. The van der Waals surface area contributed by atoms with Crippen molar-refractivity contribution in [3.63, 3.8) is 0 Å². The Bertz CT molecular complexity index is 580. The number of nitrogen functional groups attached to an aromatic ring is 1. The first-order valence-corrected chi connectivity index (χ1v) is 7.22. The number of anilines is 2. The fraction of sp³-hybridized carbons (Fsp3) is 0.286. The van der Waals surface area contributed by atoms with Gasteiger partial charge in [-0.2, -0.15) is 5.10 Å². The van der Waals surface area contributed by atoms with Crippen molar-refractivity contribution in [1.82, 2.24) is 4.98 Å². The predicted molar refractivity (Wildman–Crippen MR) is 84.1 cm³/mol. The predicted octanol–water partition coefficient (Wildman–Crippen LogP) is 3.10. The van der Waals surface area contributed by atoms with Gasteiger partial charge in [-0.05, 0) is 19.4 Å². The second-order valence-corrected chi connectivity index (χ2v) is 5.36.